The Hall–Kier alpha value is -2.43. The number of ether oxygens (including phenoxy) is 10. The van der Waals surface area contributed by atoms with Crippen LogP contribution in [0.1, 0.15) is 79.1 Å². The Morgan fingerprint density at radius 1 is 0.370 bits per heavy atom. The van der Waals surface area contributed by atoms with Crippen molar-refractivity contribution in [3.8, 4) is 0 Å². The number of rotatable bonds is 30. The molecular formula is C31H62O15. The lowest BCUT2D eigenvalue weighted by atomic mass is 10.4. The summed E-state index contributed by atoms with van der Waals surface area (Å²) in [4.78, 5) is 31.0. The molecule has 0 aromatic heterocycles. The minimum Gasteiger partial charge on any atom is -0.450 e. The van der Waals surface area contributed by atoms with Crippen molar-refractivity contribution in [2.75, 3.05) is 106 Å². The van der Waals surface area contributed by atoms with E-state index in [0.29, 0.717) is 118 Å². The van der Waals surface area contributed by atoms with Gasteiger partial charge in [0, 0.05) is 78.5 Å². The van der Waals surface area contributed by atoms with Crippen LogP contribution >= 0.6 is 0 Å². The number of unbranched alkanes of at least 4 members (excludes halogenated alkanes) is 2. The molecule has 0 aromatic carbocycles. The summed E-state index contributed by atoms with van der Waals surface area (Å²) in [7, 11) is 0. The average Bonchev–Trinajstić information content (AvgIpc) is 3.03. The van der Waals surface area contributed by atoms with E-state index in [1.54, 1.807) is 0 Å². The van der Waals surface area contributed by atoms with Gasteiger partial charge in [-0.1, -0.05) is 26.7 Å². The third-order valence-electron chi connectivity index (χ3n) is 5.05. The second-order valence-corrected chi connectivity index (χ2v) is 9.14. The van der Waals surface area contributed by atoms with Crippen molar-refractivity contribution in [3.05, 3.63) is 0 Å². The summed E-state index contributed by atoms with van der Waals surface area (Å²) >= 11 is 0. The maximum absolute atomic E-state index is 11.2. The third-order valence-corrected chi connectivity index (χ3v) is 5.05. The van der Waals surface area contributed by atoms with Gasteiger partial charge in [0.2, 0.25) is 0 Å². The Bertz CT molecular complexity index is 573. The van der Waals surface area contributed by atoms with E-state index in [0.717, 1.165) is 38.9 Å². The Labute approximate surface area is 275 Å². The number of hydrogen-bond donors (Lipinski definition) is 2. The molecule has 0 atom stereocenters. The fraction of sp³-hybridized carbons (Fsp3) is 0.903. The smallest absolute Gasteiger partial charge is 0.450 e. The van der Waals surface area contributed by atoms with Gasteiger partial charge < -0.3 is 57.6 Å². The van der Waals surface area contributed by atoms with Gasteiger partial charge >= 0.3 is 18.5 Å². The summed E-state index contributed by atoms with van der Waals surface area (Å²) in [6.45, 7) is 17.0. The predicted octanol–water partition coefficient (Wildman–Crippen LogP) is 5.80. The van der Waals surface area contributed by atoms with Gasteiger partial charge in [-0.05, 0) is 26.7 Å². The topological polar surface area (TPSA) is 184 Å². The van der Waals surface area contributed by atoms with Crippen molar-refractivity contribution >= 4 is 18.5 Å². The molecule has 46 heavy (non-hydrogen) atoms. The van der Waals surface area contributed by atoms with Gasteiger partial charge in [-0.25, -0.2) is 14.4 Å². The standard InChI is InChI=1S/2C15H30O6.CH2O3/c2*1-3-5-8-18-9-6-11-20-15(16)21-12-7-10-19-14-13-17-4-2;2-1(3)4/h2*3-14H2,1-2H3;(H2,2,3,4). The van der Waals surface area contributed by atoms with Crippen molar-refractivity contribution in [2.45, 2.75) is 79.1 Å². The molecule has 276 valence electrons. The molecule has 0 fully saturated rings. The minimum atomic E-state index is -1.83. The Morgan fingerprint density at radius 2 is 0.609 bits per heavy atom. The molecule has 0 heterocycles. The zero-order valence-corrected chi connectivity index (χ0v) is 28.7. The second kappa shape index (κ2) is 44.7. The molecule has 15 heteroatoms. The third kappa shape index (κ3) is 54.1. The van der Waals surface area contributed by atoms with Crippen LogP contribution in [0.5, 0.6) is 0 Å². The summed E-state index contributed by atoms with van der Waals surface area (Å²) in [5, 5.41) is 13.9. The van der Waals surface area contributed by atoms with Gasteiger partial charge in [-0.15, -0.1) is 0 Å². The lowest BCUT2D eigenvalue weighted by molar-refractivity contribution is 0.0268. The number of carbonyl (C=O) groups is 3. The quantitative estimate of drug-likeness (QED) is 0.0687. The molecule has 0 aliphatic heterocycles. The zero-order chi connectivity index (χ0) is 34.8. The Morgan fingerprint density at radius 3 is 0.870 bits per heavy atom. The highest BCUT2D eigenvalue weighted by atomic mass is 16.7. The molecule has 0 bridgehead atoms. The maximum atomic E-state index is 11.2. The van der Waals surface area contributed by atoms with Crippen LogP contribution in [-0.4, -0.2) is 134 Å². The van der Waals surface area contributed by atoms with E-state index >= 15 is 0 Å². The summed E-state index contributed by atoms with van der Waals surface area (Å²) in [6.07, 6.45) is 3.98. The normalized spacial score (nSPS) is 10.2. The SMILES string of the molecule is CCCCOCCCOC(=O)OCCCOCCOCC.CCCCOCCCOC(=O)OCCCOCCOCC.O=C(O)O. The molecule has 0 radical (unpaired) electrons. The first-order valence-corrected chi connectivity index (χ1v) is 16.3. The highest BCUT2D eigenvalue weighted by Crippen LogP contribution is 1.95. The lowest BCUT2D eigenvalue weighted by Gasteiger charge is -2.07. The summed E-state index contributed by atoms with van der Waals surface area (Å²) in [5.74, 6) is 0. The molecule has 0 aromatic rings. The van der Waals surface area contributed by atoms with Crippen molar-refractivity contribution < 1.29 is 72.0 Å². The second-order valence-electron chi connectivity index (χ2n) is 9.14. The van der Waals surface area contributed by atoms with Crippen LogP contribution in [0, 0.1) is 0 Å². The molecule has 0 rings (SSSR count). The molecule has 0 saturated carbocycles. The van der Waals surface area contributed by atoms with E-state index < -0.39 is 18.5 Å². The fourth-order valence-electron chi connectivity index (χ4n) is 2.77. The van der Waals surface area contributed by atoms with Crippen LogP contribution in [0.2, 0.25) is 0 Å². The van der Waals surface area contributed by atoms with Crippen LogP contribution in [0.15, 0.2) is 0 Å². The van der Waals surface area contributed by atoms with Crippen LogP contribution in [-0.2, 0) is 47.4 Å². The van der Waals surface area contributed by atoms with E-state index in [-0.39, 0.29) is 0 Å². The Kier molecular flexibility index (Phi) is 46.6. The van der Waals surface area contributed by atoms with Crippen LogP contribution in [0.25, 0.3) is 0 Å². The molecule has 0 aliphatic carbocycles. The van der Waals surface area contributed by atoms with Gasteiger partial charge in [0.1, 0.15) is 0 Å². The Balaban J connectivity index is -0.000000719. The minimum absolute atomic E-state index is 0.306. The number of carbonyl (C=O) groups excluding carboxylic acids is 2. The fourth-order valence-corrected chi connectivity index (χ4v) is 2.77. The van der Waals surface area contributed by atoms with E-state index in [1.165, 1.54) is 0 Å². The van der Waals surface area contributed by atoms with Crippen molar-refractivity contribution in [3.63, 3.8) is 0 Å². The van der Waals surface area contributed by atoms with Gasteiger partial charge in [0.25, 0.3) is 0 Å². The molecule has 0 amide bonds. The van der Waals surface area contributed by atoms with Crippen molar-refractivity contribution in [2.24, 2.45) is 0 Å². The van der Waals surface area contributed by atoms with Gasteiger partial charge in [0.05, 0.1) is 52.9 Å². The van der Waals surface area contributed by atoms with Crippen molar-refractivity contribution in [1.82, 2.24) is 0 Å². The molecule has 0 unspecified atom stereocenters. The first-order chi connectivity index (χ1) is 22.3. The van der Waals surface area contributed by atoms with E-state index in [2.05, 4.69) is 13.8 Å². The monoisotopic (exact) mass is 674 g/mol. The van der Waals surface area contributed by atoms with E-state index in [1.807, 2.05) is 13.8 Å². The van der Waals surface area contributed by atoms with Crippen LogP contribution < -0.4 is 0 Å². The van der Waals surface area contributed by atoms with Crippen molar-refractivity contribution in [1.29, 1.82) is 0 Å². The molecule has 0 spiro atoms. The van der Waals surface area contributed by atoms with Gasteiger partial charge in [0.15, 0.2) is 0 Å². The lowest BCUT2D eigenvalue weighted by Crippen LogP contribution is -2.12. The summed E-state index contributed by atoms with van der Waals surface area (Å²) in [6, 6.07) is 0. The van der Waals surface area contributed by atoms with Gasteiger partial charge in [-0.2, -0.15) is 0 Å². The van der Waals surface area contributed by atoms with Gasteiger partial charge in [-0.3, -0.25) is 0 Å². The summed E-state index contributed by atoms with van der Waals surface area (Å²) in [5.41, 5.74) is 0. The predicted molar refractivity (Wildman–Crippen MR) is 170 cm³/mol. The number of hydrogen-bond acceptors (Lipinski definition) is 13. The average molecular weight is 675 g/mol. The maximum Gasteiger partial charge on any atom is 0.508 e. The molecule has 0 aliphatic rings. The first-order valence-electron chi connectivity index (χ1n) is 16.3. The number of carboxylic acid groups (broad SMARTS) is 2. The molecule has 15 nitrogen and oxygen atoms in total. The zero-order valence-electron chi connectivity index (χ0n) is 28.7. The highest BCUT2D eigenvalue weighted by molar-refractivity contribution is 5.60. The molecular weight excluding hydrogens is 612 g/mol. The first kappa shape index (κ1) is 48.0. The van der Waals surface area contributed by atoms with E-state index in [4.69, 9.17) is 62.4 Å². The molecule has 0 saturated heterocycles. The highest BCUT2D eigenvalue weighted by Gasteiger charge is 2.04. The van der Waals surface area contributed by atoms with Crippen LogP contribution in [0.3, 0.4) is 0 Å². The van der Waals surface area contributed by atoms with E-state index in [9.17, 15) is 9.59 Å². The molecule has 2 N–H and O–H groups in total. The summed E-state index contributed by atoms with van der Waals surface area (Å²) < 4.78 is 51.1. The largest absolute Gasteiger partial charge is 0.508 e. The van der Waals surface area contributed by atoms with Crippen LogP contribution in [0.4, 0.5) is 14.4 Å².